The van der Waals surface area contributed by atoms with Crippen molar-refractivity contribution in [1.82, 2.24) is 14.5 Å². The summed E-state index contributed by atoms with van der Waals surface area (Å²) in [5.41, 5.74) is 1.50. The molecule has 0 spiro atoms. The van der Waals surface area contributed by atoms with Crippen molar-refractivity contribution in [3.63, 3.8) is 0 Å². The lowest BCUT2D eigenvalue weighted by atomic mass is 10.1. The van der Waals surface area contributed by atoms with E-state index in [1.54, 1.807) is 40.8 Å². The first-order valence-electron chi connectivity index (χ1n) is 11.8. The number of benzene rings is 3. The van der Waals surface area contributed by atoms with Crippen LogP contribution in [0.1, 0.15) is 42.0 Å². The third-order valence-corrected chi connectivity index (χ3v) is 6.79. The average Bonchev–Trinajstić information content (AvgIpc) is 2.90. The van der Waals surface area contributed by atoms with Crippen molar-refractivity contribution >= 4 is 40.0 Å². The predicted octanol–water partition coefficient (Wildman–Crippen LogP) is 6.32. The number of rotatable bonds is 9. The maximum atomic E-state index is 13.8. The van der Waals surface area contributed by atoms with E-state index in [0.29, 0.717) is 64.0 Å². The van der Waals surface area contributed by atoms with Crippen LogP contribution in [0.15, 0.2) is 77.6 Å². The molecule has 0 saturated carbocycles. The molecule has 1 amide bonds. The largest absolute Gasteiger partial charge is 0.385 e. The van der Waals surface area contributed by atoms with Crippen LogP contribution in [-0.4, -0.2) is 40.6 Å². The van der Waals surface area contributed by atoms with Crippen LogP contribution in [0.2, 0.25) is 10.0 Å². The number of ether oxygens (including phenoxy) is 1. The number of hydrogen-bond acceptors (Lipinski definition) is 4. The van der Waals surface area contributed by atoms with Crippen LogP contribution >= 0.6 is 23.2 Å². The highest BCUT2D eigenvalue weighted by Crippen LogP contribution is 2.29. The number of aromatic nitrogens is 2. The summed E-state index contributed by atoms with van der Waals surface area (Å²) in [7, 11) is 1.63. The Balaban J connectivity index is 1.91. The van der Waals surface area contributed by atoms with E-state index < -0.39 is 6.04 Å². The molecule has 4 rings (SSSR count). The maximum Gasteiger partial charge on any atom is 0.266 e. The summed E-state index contributed by atoms with van der Waals surface area (Å²) < 4.78 is 6.87. The number of halogens is 2. The van der Waals surface area contributed by atoms with Gasteiger partial charge in [0, 0.05) is 25.8 Å². The van der Waals surface area contributed by atoms with Gasteiger partial charge in [-0.15, -0.1) is 0 Å². The van der Waals surface area contributed by atoms with Gasteiger partial charge >= 0.3 is 0 Å². The lowest BCUT2D eigenvalue weighted by Crippen LogP contribution is -2.39. The molecule has 8 heteroatoms. The van der Waals surface area contributed by atoms with Gasteiger partial charge in [-0.3, -0.25) is 14.2 Å². The summed E-state index contributed by atoms with van der Waals surface area (Å²) in [6.45, 7) is 2.87. The number of para-hydroxylation sites is 2. The van der Waals surface area contributed by atoms with Crippen LogP contribution in [0.25, 0.3) is 16.6 Å². The van der Waals surface area contributed by atoms with E-state index >= 15 is 0 Å². The molecular formula is C28H27Cl2N3O3. The molecule has 0 aliphatic carbocycles. The van der Waals surface area contributed by atoms with E-state index in [9.17, 15) is 9.59 Å². The molecular weight excluding hydrogens is 497 g/mol. The Labute approximate surface area is 220 Å². The Hall–Kier alpha value is -3.19. The Morgan fingerprint density at radius 1 is 1.03 bits per heavy atom. The van der Waals surface area contributed by atoms with Crippen molar-refractivity contribution in [2.75, 3.05) is 20.3 Å². The molecule has 1 heterocycles. The molecule has 1 aromatic heterocycles. The van der Waals surface area contributed by atoms with Crippen LogP contribution in [0.3, 0.4) is 0 Å². The number of nitrogens with zero attached hydrogens (tertiary/aromatic N) is 3. The van der Waals surface area contributed by atoms with Crippen LogP contribution in [0, 0.1) is 0 Å². The molecule has 3 aromatic carbocycles. The zero-order chi connectivity index (χ0) is 25.7. The Kier molecular flexibility index (Phi) is 8.41. The van der Waals surface area contributed by atoms with Gasteiger partial charge in [0.2, 0.25) is 0 Å². The third-order valence-electron chi connectivity index (χ3n) is 6.05. The smallest absolute Gasteiger partial charge is 0.266 e. The van der Waals surface area contributed by atoms with Gasteiger partial charge in [0.15, 0.2) is 0 Å². The van der Waals surface area contributed by atoms with E-state index in [2.05, 4.69) is 0 Å². The lowest BCUT2D eigenvalue weighted by Gasteiger charge is -2.32. The van der Waals surface area contributed by atoms with E-state index in [1.165, 1.54) is 0 Å². The van der Waals surface area contributed by atoms with E-state index in [0.717, 1.165) is 0 Å². The van der Waals surface area contributed by atoms with E-state index in [-0.39, 0.29) is 11.5 Å². The van der Waals surface area contributed by atoms with Crippen molar-refractivity contribution in [2.24, 2.45) is 0 Å². The van der Waals surface area contributed by atoms with Gasteiger partial charge in [0.25, 0.3) is 11.5 Å². The highest BCUT2D eigenvalue weighted by Gasteiger charge is 2.29. The zero-order valence-corrected chi connectivity index (χ0v) is 21.7. The molecule has 0 fully saturated rings. The minimum atomic E-state index is -0.485. The first-order chi connectivity index (χ1) is 17.5. The van der Waals surface area contributed by atoms with Crippen LogP contribution in [0.5, 0.6) is 0 Å². The fourth-order valence-corrected chi connectivity index (χ4v) is 4.61. The first kappa shape index (κ1) is 25.9. The quantitative estimate of drug-likeness (QED) is 0.240. The van der Waals surface area contributed by atoms with Crippen LogP contribution in [0.4, 0.5) is 0 Å². The van der Waals surface area contributed by atoms with Crippen molar-refractivity contribution in [3.8, 4) is 5.69 Å². The molecule has 1 unspecified atom stereocenters. The number of carbonyl (C=O) groups excluding carboxylic acids is 1. The minimum Gasteiger partial charge on any atom is -0.385 e. The standard InChI is InChI=1S/C28H27Cl2N3O3/c1-3-25(32(16-9-17-36-2)27(34)19-14-15-22(29)23(30)18-19)26-31-24-13-8-7-12-21(24)28(35)33(26)20-10-5-4-6-11-20/h4-8,10-15,18,25H,3,9,16-17H2,1-2H3. The van der Waals surface area contributed by atoms with Gasteiger partial charge in [0.1, 0.15) is 5.82 Å². The highest BCUT2D eigenvalue weighted by atomic mass is 35.5. The second kappa shape index (κ2) is 11.7. The molecule has 0 aliphatic rings. The van der Waals surface area contributed by atoms with Crippen LogP contribution in [-0.2, 0) is 4.74 Å². The summed E-state index contributed by atoms with van der Waals surface area (Å²) >= 11 is 12.3. The van der Waals surface area contributed by atoms with E-state index in [4.69, 9.17) is 32.9 Å². The molecule has 36 heavy (non-hydrogen) atoms. The summed E-state index contributed by atoms with van der Waals surface area (Å²) in [5, 5.41) is 1.19. The Bertz CT molecular complexity index is 1420. The van der Waals surface area contributed by atoms with Gasteiger partial charge < -0.3 is 9.64 Å². The van der Waals surface area contributed by atoms with Crippen molar-refractivity contribution < 1.29 is 9.53 Å². The fourth-order valence-electron chi connectivity index (χ4n) is 4.32. The van der Waals surface area contributed by atoms with Crippen molar-refractivity contribution in [1.29, 1.82) is 0 Å². The highest BCUT2D eigenvalue weighted by molar-refractivity contribution is 6.42. The summed E-state index contributed by atoms with van der Waals surface area (Å²) in [6, 6.07) is 21.0. The predicted molar refractivity (Wildman–Crippen MR) is 144 cm³/mol. The molecule has 0 N–H and O–H groups in total. The zero-order valence-electron chi connectivity index (χ0n) is 20.2. The van der Waals surface area contributed by atoms with Gasteiger partial charge in [-0.25, -0.2) is 4.98 Å². The number of methoxy groups -OCH3 is 1. The molecule has 0 radical (unpaired) electrons. The monoisotopic (exact) mass is 523 g/mol. The Morgan fingerprint density at radius 2 is 1.75 bits per heavy atom. The molecule has 0 saturated heterocycles. The minimum absolute atomic E-state index is 0.181. The van der Waals surface area contributed by atoms with Gasteiger partial charge in [0.05, 0.1) is 32.7 Å². The molecule has 186 valence electrons. The van der Waals surface area contributed by atoms with Gasteiger partial charge in [-0.05, 0) is 55.3 Å². The van der Waals surface area contributed by atoms with Gasteiger partial charge in [-0.2, -0.15) is 0 Å². The van der Waals surface area contributed by atoms with Crippen molar-refractivity contribution in [3.05, 3.63) is 105 Å². The number of hydrogen-bond donors (Lipinski definition) is 0. The number of fused-ring (bicyclic) bond motifs is 1. The van der Waals surface area contributed by atoms with E-state index in [1.807, 2.05) is 55.5 Å². The molecule has 4 aromatic rings. The summed E-state index contributed by atoms with van der Waals surface area (Å²) in [4.78, 5) is 34.3. The van der Waals surface area contributed by atoms with Crippen molar-refractivity contribution in [2.45, 2.75) is 25.8 Å². The Morgan fingerprint density at radius 3 is 2.44 bits per heavy atom. The second-order valence-electron chi connectivity index (χ2n) is 8.36. The average molecular weight is 524 g/mol. The number of amides is 1. The van der Waals surface area contributed by atoms with Crippen LogP contribution < -0.4 is 5.56 Å². The van der Waals surface area contributed by atoms with Gasteiger partial charge in [-0.1, -0.05) is 60.5 Å². The SMILES string of the molecule is CCC(c1nc2ccccc2c(=O)n1-c1ccccc1)N(CCCOC)C(=O)c1ccc(Cl)c(Cl)c1. The first-order valence-corrected chi connectivity index (χ1v) is 12.5. The fraction of sp³-hybridized carbons (Fsp3) is 0.250. The molecule has 1 atom stereocenters. The lowest BCUT2D eigenvalue weighted by molar-refractivity contribution is 0.0634. The molecule has 6 nitrogen and oxygen atoms in total. The topological polar surface area (TPSA) is 64.4 Å². The second-order valence-corrected chi connectivity index (χ2v) is 9.18. The normalized spacial score (nSPS) is 12.0. The maximum absolute atomic E-state index is 13.8. The molecule has 0 aliphatic heterocycles. The third kappa shape index (κ3) is 5.31. The molecule has 0 bridgehead atoms. The summed E-state index contributed by atoms with van der Waals surface area (Å²) in [5.74, 6) is 0.275. The summed E-state index contributed by atoms with van der Waals surface area (Å²) in [6.07, 6.45) is 1.15. The number of carbonyl (C=O) groups is 1.